The largest absolute Gasteiger partial charge is 0.354 e. The lowest BCUT2D eigenvalue weighted by Crippen LogP contribution is -2.52. The molecule has 2 rings (SSSR count). The third kappa shape index (κ3) is 6.18. The molecule has 0 bridgehead atoms. The van der Waals surface area contributed by atoms with Gasteiger partial charge in [0.2, 0.25) is 5.91 Å². The minimum Gasteiger partial charge on any atom is -0.354 e. The number of benzene rings is 1. The van der Waals surface area contributed by atoms with Crippen LogP contribution in [-0.2, 0) is 4.79 Å². The van der Waals surface area contributed by atoms with E-state index in [9.17, 15) is 9.59 Å². The summed E-state index contributed by atoms with van der Waals surface area (Å²) in [5.41, 5.74) is 6.66. The van der Waals surface area contributed by atoms with Crippen molar-refractivity contribution < 1.29 is 9.59 Å². The highest BCUT2D eigenvalue weighted by atomic mass is 35.5. The Balaban J connectivity index is 0.00000338. The van der Waals surface area contributed by atoms with Gasteiger partial charge in [-0.3, -0.25) is 4.79 Å². The zero-order chi connectivity index (χ0) is 18.3. The molecule has 1 aromatic rings. The van der Waals surface area contributed by atoms with E-state index in [1.165, 1.54) is 0 Å². The average Bonchev–Trinajstić information content (AvgIpc) is 2.66. The van der Waals surface area contributed by atoms with E-state index < -0.39 is 0 Å². The summed E-state index contributed by atoms with van der Waals surface area (Å²) < 4.78 is 0. The van der Waals surface area contributed by atoms with Gasteiger partial charge < -0.3 is 21.3 Å². The van der Waals surface area contributed by atoms with Crippen LogP contribution in [0.25, 0.3) is 0 Å². The van der Waals surface area contributed by atoms with Crippen LogP contribution >= 0.6 is 12.4 Å². The second-order valence-electron chi connectivity index (χ2n) is 6.87. The van der Waals surface area contributed by atoms with E-state index in [0.29, 0.717) is 19.6 Å². The topological polar surface area (TPSA) is 87.5 Å². The number of urea groups is 1. The molecule has 4 N–H and O–H groups in total. The standard InChI is InChI=1S/C19H30N4O2.ClH/c1-3-19(20,4-2)14-21-17(24)15-9-8-12-23(13-15)18(25)22-16-10-6-5-7-11-16;/h5-7,10-11,15H,3-4,8-9,12-14,20H2,1-2H3,(H,21,24)(H,22,25);1H. The number of amides is 3. The maximum atomic E-state index is 12.5. The molecule has 0 radical (unpaired) electrons. The van der Waals surface area contributed by atoms with Gasteiger partial charge in [0.1, 0.15) is 0 Å². The number of para-hydroxylation sites is 1. The molecule has 0 aliphatic carbocycles. The number of anilines is 1. The fourth-order valence-electron chi connectivity index (χ4n) is 3.01. The van der Waals surface area contributed by atoms with Crippen molar-refractivity contribution in [2.24, 2.45) is 11.7 Å². The molecule has 1 aliphatic rings. The fraction of sp³-hybridized carbons (Fsp3) is 0.579. The molecule has 26 heavy (non-hydrogen) atoms. The van der Waals surface area contributed by atoms with Gasteiger partial charge in [-0.15, -0.1) is 12.4 Å². The highest BCUT2D eigenvalue weighted by Crippen LogP contribution is 2.19. The summed E-state index contributed by atoms with van der Waals surface area (Å²) >= 11 is 0. The zero-order valence-electron chi connectivity index (χ0n) is 15.7. The summed E-state index contributed by atoms with van der Waals surface area (Å²) in [6.07, 6.45) is 3.27. The number of hydrogen-bond donors (Lipinski definition) is 3. The van der Waals surface area contributed by atoms with Gasteiger partial charge in [-0.25, -0.2) is 4.79 Å². The lowest BCUT2D eigenvalue weighted by molar-refractivity contribution is -0.126. The van der Waals surface area contributed by atoms with Crippen molar-refractivity contribution >= 4 is 30.0 Å². The number of piperidine rings is 1. The smallest absolute Gasteiger partial charge is 0.321 e. The van der Waals surface area contributed by atoms with Crippen molar-refractivity contribution in [1.82, 2.24) is 10.2 Å². The summed E-state index contributed by atoms with van der Waals surface area (Å²) in [5, 5.41) is 5.86. The van der Waals surface area contributed by atoms with E-state index in [-0.39, 0.29) is 35.8 Å². The Labute approximate surface area is 162 Å². The second-order valence-corrected chi connectivity index (χ2v) is 6.87. The molecule has 1 aromatic carbocycles. The van der Waals surface area contributed by atoms with Crippen molar-refractivity contribution in [3.8, 4) is 0 Å². The predicted octanol–water partition coefficient (Wildman–Crippen LogP) is 2.99. The first-order valence-corrected chi connectivity index (χ1v) is 9.15. The molecule has 1 unspecified atom stereocenters. The summed E-state index contributed by atoms with van der Waals surface area (Å²) in [4.78, 5) is 26.6. The number of carbonyl (C=O) groups excluding carboxylic acids is 2. The number of likely N-dealkylation sites (tertiary alicyclic amines) is 1. The molecule has 3 amide bonds. The molecular weight excluding hydrogens is 352 g/mol. The Bertz CT molecular complexity index is 578. The van der Waals surface area contributed by atoms with Gasteiger partial charge in [-0.2, -0.15) is 0 Å². The summed E-state index contributed by atoms with van der Waals surface area (Å²) in [7, 11) is 0. The van der Waals surface area contributed by atoms with E-state index >= 15 is 0 Å². The number of nitrogens with zero attached hydrogens (tertiary/aromatic N) is 1. The number of nitrogens with one attached hydrogen (secondary N) is 2. The monoisotopic (exact) mass is 382 g/mol. The van der Waals surface area contributed by atoms with Crippen LogP contribution in [0.4, 0.5) is 10.5 Å². The summed E-state index contributed by atoms with van der Waals surface area (Å²) in [6, 6.07) is 9.20. The van der Waals surface area contributed by atoms with Crippen LogP contribution in [0.15, 0.2) is 30.3 Å². The minimum absolute atomic E-state index is 0. The van der Waals surface area contributed by atoms with Gasteiger partial charge in [0.15, 0.2) is 0 Å². The maximum Gasteiger partial charge on any atom is 0.321 e. The van der Waals surface area contributed by atoms with Gasteiger partial charge in [0.05, 0.1) is 5.92 Å². The van der Waals surface area contributed by atoms with Crippen LogP contribution in [0.3, 0.4) is 0 Å². The number of rotatable bonds is 6. The number of carbonyl (C=O) groups is 2. The molecule has 1 saturated heterocycles. The average molecular weight is 383 g/mol. The Morgan fingerprint density at radius 1 is 1.23 bits per heavy atom. The Hall–Kier alpha value is -1.79. The summed E-state index contributed by atoms with van der Waals surface area (Å²) in [5.74, 6) is -0.179. The number of halogens is 1. The van der Waals surface area contributed by atoms with Gasteiger partial charge in [0, 0.05) is 30.9 Å². The molecule has 0 aromatic heterocycles. The maximum absolute atomic E-state index is 12.5. The SMILES string of the molecule is CCC(N)(CC)CNC(=O)C1CCCN(C(=O)Nc2ccccc2)C1.Cl. The van der Waals surface area contributed by atoms with Gasteiger partial charge in [-0.1, -0.05) is 32.0 Å². The van der Waals surface area contributed by atoms with Crippen LogP contribution in [0.5, 0.6) is 0 Å². The molecule has 7 heteroatoms. The molecule has 6 nitrogen and oxygen atoms in total. The lowest BCUT2D eigenvalue weighted by atomic mass is 9.93. The number of nitrogens with two attached hydrogens (primary N) is 1. The van der Waals surface area contributed by atoms with Crippen molar-refractivity contribution in [3.05, 3.63) is 30.3 Å². The van der Waals surface area contributed by atoms with Crippen LogP contribution < -0.4 is 16.4 Å². The molecule has 146 valence electrons. The molecule has 0 spiro atoms. The van der Waals surface area contributed by atoms with E-state index in [0.717, 1.165) is 31.4 Å². The highest BCUT2D eigenvalue weighted by molar-refractivity contribution is 5.90. The first-order valence-electron chi connectivity index (χ1n) is 9.15. The number of hydrogen-bond acceptors (Lipinski definition) is 3. The first-order chi connectivity index (χ1) is 12.0. The Morgan fingerprint density at radius 3 is 2.50 bits per heavy atom. The Morgan fingerprint density at radius 2 is 1.88 bits per heavy atom. The lowest BCUT2D eigenvalue weighted by Gasteiger charge is -2.33. The van der Waals surface area contributed by atoms with Crippen molar-refractivity contribution in [2.45, 2.75) is 45.1 Å². The molecule has 1 aliphatic heterocycles. The predicted molar refractivity (Wildman–Crippen MR) is 108 cm³/mol. The third-order valence-electron chi connectivity index (χ3n) is 5.13. The molecule has 1 fully saturated rings. The van der Waals surface area contributed by atoms with E-state index in [1.807, 2.05) is 44.2 Å². The van der Waals surface area contributed by atoms with Gasteiger partial charge >= 0.3 is 6.03 Å². The van der Waals surface area contributed by atoms with Crippen LogP contribution in [0.1, 0.15) is 39.5 Å². The van der Waals surface area contributed by atoms with Crippen LogP contribution in [0.2, 0.25) is 0 Å². The van der Waals surface area contributed by atoms with Crippen molar-refractivity contribution in [1.29, 1.82) is 0 Å². The minimum atomic E-state index is -0.352. The van der Waals surface area contributed by atoms with Crippen molar-refractivity contribution in [2.75, 3.05) is 25.0 Å². The molecule has 1 atom stereocenters. The fourth-order valence-corrected chi connectivity index (χ4v) is 3.01. The normalized spacial score (nSPS) is 17.2. The summed E-state index contributed by atoms with van der Waals surface area (Å²) in [6.45, 7) is 5.66. The van der Waals surface area contributed by atoms with E-state index in [2.05, 4.69) is 10.6 Å². The first kappa shape index (κ1) is 22.3. The Kier molecular flexibility index (Phi) is 8.88. The van der Waals surface area contributed by atoms with Crippen molar-refractivity contribution in [3.63, 3.8) is 0 Å². The van der Waals surface area contributed by atoms with E-state index in [1.54, 1.807) is 4.90 Å². The molecule has 1 heterocycles. The van der Waals surface area contributed by atoms with E-state index in [4.69, 9.17) is 5.73 Å². The molecule has 0 saturated carbocycles. The molecular formula is C19H31ClN4O2. The second kappa shape index (κ2) is 10.4. The van der Waals surface area contributed by atoms with Crippen LogP contribution in [0, 0.1) is 5.92 Å². The zero-order valence-corrected chi connectivity index (χ0v) is 16.5. The third-order valence-corrected chi connectivity index (χ3v) is 5.13. The highest BCUT2D eigenvalue weighted by Gasteiger charge is 2.30. The quantitative estimate of drug-likeness (QED) is 0.706. The van der Waals surface area contributed by atoms with Gasteiger partial charge in [0.25, 0.3) is 0 Å². The van der Waals surface area contributed by atoms with Crippen LogP contribution in [-0.4, -0.2) is 42.0 Å². The van der Waals surface area contributed by atoms with Gasteiger partial charge in [-0.05, 0) is 37.8 Å².